The summed E-state index contributed by atoms with van der Waals surface area (Å²) in [6.07, 6.45) is 4.46. The smallest absolute Gasteiger partial charge is 0.349 e. The molecular weight excluding hydrogens is 378 g/mol. The lowest BCUT2D eigenvalue weighted by Crippen LogP contribution is -2.30. The maximum atomic E-state index is 12.4. The van der Waals surface area contributed by atoms with Crippen LogP contribution in [0.1, 0.15) is 29.9 Å². The van der Waals surface area contributed by atoms with E-state index in [4.69, 9.17) is 9.15 Å². The van der Waals surface area contributed by atoms with E-state index in [1.165, 1.54) is 0 Å². The molecule has 7 nitrogen and oxygen atoms in total. The molecule has 4 aromatic rings. The van der Waals surface area contributed by atoms with Crippen molar-refractivity contribution in [1.82, 2.24) is 14.7 Å². The Hall–Kier alpha value is -3.13. The molecule has 0 bridgehead atoms. The van der Waals surface area contributed by atoms with Gasteiger partial charge in [-0.1, -0.05) is 0 Å². The number of hydrogen-bond donors (Lipinski definition) is 1. The van der Waals surface area contributed by atoms with Gasteiger partial charge in [0, 0.05) is 42.2 Å². The Morgan fingerprint density at radius 2 is 2.21 bits per heavy atom. The number of rotatable bonds is 6. The van der Waals surface area contributed by atoms with Crippen LogP contribution in [0.5, 0.6) is 5.75 Å². The van der Waals surface area contributed by atoms with Crippen molar-refractivity contribution in [3.05, 3.63) is 63.7 Å². The van der Waals surface area contributed by atoms with Crippen molar-refractivity contribution in [3.8, 4) is 5.75 Å². The number of nitrogens with one attached hydrogen (secondary N) is 1. The minimum Gasteiger partial charge on any atom is -0.491 e. The van der Waals surface area contributed by atoms with Crippen LogP contribution >= 0.6 is 11.3 Å². The quantitative estimate of drug-likeness (QED) is 0.505. The Morgan fingerprint density at radius 3 is 3.00 bits per heavy atom. The third-order valence-electron chi connectivity index (χ3n) is 4.13. The fourth-order valence-corrected chi connectivity index (χ4v) is 3.61. The van der Waals surface area contributed by atoms with Crippen LogP contribution in [0, 0.1) is 0 Å². The average Bonchev–Trinajstić information content (AvgIpc) is 3.22. The molecule has 0 aliphatic rings. The van der Waals surface area contributed by atoms with Crippen LogP contribution in [0.3, 0.4) is 0 Å². The summed E-state index contributed by atoms with van der Waals surface area (Å²) in [6, 6.07) is 6.75. The molecule has 3 aromatic heterocycles. The van der Waals surface area contributed by atoms with Gasteiger partial charge in [-0.3, -0.25) is 9.20 Å². The Kier molecular flexibility index (Phi) is 4.87. The van der Waals surface area contributed by atoms with Crippen molar-refractivity contribution >= 4 is 33.2 Å². The minimum atomic E-state index is -0.672. The molecule has 0 saturated heterocycles. The van der Waals surface area contributed by atoms with Crippen LogP contribution in [-0.4, -0.2) is 27.9 Å². The van der Waals surface area contributed by atoms with E-state index in [9.17, 15) is 9.59 Å². The molecule has 1 N–H and O–H groups in total. The van der Waals surface area contributed by atoms with E-state index in [1.807, 2.05) is 36.0 Å². The van der Waals surface area contributed by atoms with E-state index in [2.05, 4.69) is 10.3 Å². The number of aromatic nitrogens is 2. The third-order valence-corrected chi connectivity index (χ3v) is 4.90. The van der Waals surface area contributed by atoms with Gasteiger partial charge in [0.2, 0.25) is 0 Å². The van der Waals surface area contributed by atoms with Gasteiger partial charge >= 0.3 is 5.63 Å². The molecular formula is C20H19N3O4S. The lowest BCUT2D eigenvalue weighted by molar-refractivity contribution is 0.0950. The van der Waals surface area contributed by atoms with Gasteiger partial charge in [-0.25, -0.2) is 9.78 Å². The molecule has 1 aromatic carbocycles. The molecule has 0 saturated carbocycles. The van der Waals surface area contributed by atoms with Gasteiger partial charge in [0.1, 0.15) is 16.9 Å². The van der Waals surface area contributed by atoms with E-state index in [1.54, 1.807) is 35.6 Å². The molecule has 28 heavy (non-hydrogen) atoms. The van der Waals surface area contributed by atoms with Crippen molar-refractivity contribution in [2.45, 2.75) is 26.4 Å². The standard InChI is InChI=1S/C20H19N3O4S/c1-12(2)26-15-4-3-13-9-16(19(25)27-17(13)10-15)18(24)21-6-5-14-11-23-7-8-28-20(23)22-14/h3-4,7-12H,5-6H2,1-2H3,(H,21,24). The van der Waals surface area contributed by atoms with Crippen molar-refractivity contribution in [2.75, 3.05) is 6.54 Å². The molecule has 0 fully saturated rings. The first-order chi connectivity index (χ1) is 13.5. The number of benzene rings is 1. The van der Waals surface area contributed by atoms with Gasteiger partial charge in [-0.15, -0.1) is 11.3 Å². The lowest BCUT2D eigenvalue weighted by Gasteiger charge is -2.10. The SMILES string of the molecule is CC(C)Oc1ccc2cc(C(=O)NCCc3cn4ccsc4n3)c(=O)oc2c1. The number of hydrogen-bond acceptors (Lipinski definition) is 6. The second kappa shape index (κ2) is 7.47. The molecule has 4 rings (SSSR count). The minimum absolute atomic E-state index is 0.0142. The zero-order chi connectivity index (χ0) is 19.7. The normalized spacial score (nSPS) is 11.4. The number of carbonyl (C=O) groups is 1. The number of ether oxygens (including phenoxy) is 1. The summed E-state index contributed by atoms with van der Waals surface area (Å²) in [5.41, 5.74) is 0.582. The number of fused-ring (bicyclic) bond motifs is 2. The highest BCUT2D eigenvalue weighted by Crippen LogP contribution is 2.21. The van der Waals surface area contributed by atoms with Crippen molar-refractivity contribution in [3.63, 3.8) is 0 Å². The van der Waals surface area contributed by atoms with E-state index >= 15 is 0 Å². The van der Waals surface area contributed by atoms with Gasteiger partial charge < -0.3 is 14.5 Å². The monoisotopic (exact) mass is 397 g/mol. The van der Waals surface area contributed by atoms with Crippen LogP contribution < -0.4 is 15.7 Å². The Labute approximate surface area is 164 Å². The molecule has 0 spiro atoms. The molecule has 0 radical (unpaired) electrons. The number of amides is 1. The predicted molar refractivity (Wildman–Crippen MR) is 107 cm³/mol. The third kappa shape index (κ3) is 3.77. The zero-order valence-electron chi connectivity index (χ0n) is 15.5. The molecule has 144 valence electrons. The summed E-state index contributed by atoms with van der Waals surface area (Å²) in [6.45, 7) is 4.21. The molecule has 1 amide bonds. The van der Waals surface area contributed by atoms with Gasteiger partial charge in [-0.05, 0) is 32.0 Å². The summed E-state index contributed by atoms with van der Waals surface area (Å²) in [4.78, 5) is 30.0. The van der Waals surface area contributed by atoms with Crippen LogP contribution in [0.4, 0.5) is 0 Å². The lowest BCUT2D eigenvalue weighted by atomic mass is 10.1. The zero-order valence-corrected chi connectivity index (χ0v) is 16.3. The topological polar surface area (TPSA) is 85.8 Å². The van der Waals surface area contributed by atoms with Crippen molar-refractivity contribution in [2.24, 2.45) is 0 Å². The summed E-state index contributed by atoms with van der Waals surface area (Å²) in [7, 11) is 0. The van der Waals surface area contributed by atoms with E-state index < -0.39 is 11.5 Å². The van der Waals surface area contributed by atoms with Gasteiger partial charge in [-0.2, -0.15) is 0 Å². The average molecular weight is 397 g/mol. The highest BCUT2D eigenvalue weighted by atomic mass is 32.1. The van der Waals surface area contributed by atoms with Crippen molar-refractivity contribution in [1.29, 1.82) is 0 Å². The molecule has 0 aliphatic carbocycles. The van der Waals surface area contributed by atoms with E-state index in [0.717, 1.165) is 10.7 Å². The molecule has 0 aliphatic heterocycles. The molecule has 0 unspecified atom stereocenters. The fourth-order valence-electron chi connectivity index (χ4n) is 2.89. The number of imidazole rings is 1. The highest BCUT2D eigenvalue weighted by molar-refractivity contribution is 7.15. The summed E-state index contributed by atoms with van der Waals surface area (Å²) >= 11 is 1.55. The molecule has 3 heterocycles. The van der Waals surface area contributed by atoms with Crippen LogP contribution in [0.25, 0.3) is 15.9 Å². The first kappa shape index (κ1) is 18.2. The van der Waals surface area contributed by atoms with Gasteiger partial charge in [0.05, 0.1) is 11.8 Å². The first-order valence-corrected chi connectivity index (χ1v) is 9.81. The maximum absolute atomic E-state index is 12.4. The summed E-state index contributed by atoms with van der Waals surface area (Å²) < 4.78 is 12.9. The number of thiazole rings is 1. The Balaban J connectivity index is 1.46. The summed E-state index contributed by atoms with van der Waals surface area (Å²) in [5, 5.41) is 5.38. The number of nitrogens with zero attached hydrogens (tertiary/aromatic N) is 2. The van der Waals surface area contributed by atoms with Crippen LogP contribution in [0.2, 0.25) is 0 Å². The van der Waals surface area contributed by atoms with Gasteiger partial charge in [0.15, 0.2) is 4.96 Å². The van der Waals surface area contributed by atoms with E-state index in [0.29, 0.717) is 29.7 Å². The Morgan fingerprint density at radius 1 is 1.36 bits per heavy atom. The van der Waals surface area contributed by atoms with Crippen LogP contribution in [0.15, 0.2) is 51.3 Å². The second-order valence-corrected chi connectivity index (χ2v) is 7.52. The first-order valence-electron chi connectivity index (χ1n) is 8.93. The largest absolute Gasteiger partial charge is 0.491 e. The Bertz CT molecular complexity index is 1180. The second-order valence-electron chi connectivity index (χ2n) is 6.64. The highest BCUT2D eigenvalue weighted by Gasteiger charge is 2.14. The maximum Gasteiger partial charge on any atom is 0.349 e. The summed E-state index contributed by atoms with van der Waals surface area (Å²) in [5.74, 6) is 0.155. The fraction of sp³-hybridized carbons (Fsp3) is 0.250. The van der Waals surface area contributed by atoms with E-state index in [-0.39, 0.29) is 11.7 Å². The predicted octanol–water partition coefficient (Wildman–Crippen LogP) is 3.26. The van der Waals surface area contributed by atoms with Crippen LogP contribution in [-0.2, 0) is 6.42 Å². The molecule has 8 heteroatoms. The molecule has 0 atom stereocenters. The number of carbonyl (C=O) groups excluding carboxylic acids is 1. The van der Waals surface area contributed by atoms with Gasteiger partial charge in [0.25, 0.3) is 5.91 Å². The van der Waals surface area contributed by atoms with Crippen molar-refractivity contribution < 1.29 is 13.9 Å².